The Kier molecular flexibility index (Phi) is 5.19. The first kappa shape index (κ1) is 18.6. The Morgan fingerprint density at radius 3 is 2.73 bits per heavy atom. The summed E-state index contributed by atoms with van der Waals surface area (Å²) in [5, 5.41) is 0. The number of pyridine rings is 1. The lowest BCUT2D eigenvalue weighted by atomic mass is 10.1. The van der Waals surface area contributed by atoms with E-state index in [1.807, 2.05) is 13.1 Å². The normalized spacial score (nSPS) is 17.9. The number of nitrogens with zero attached hydrogens (tertiary/aromatic N) is 4. The van der Waals surface area contributed by atoms with Gasteiger partial charge in [0.25, 0.3) is 5.56 Å². The van der Waals surface area contributed by atoms with E-state index in [1.54, 1.807) is 10.5 Å². The van der Waals surface area contributed by atoms with Gasteiger partial charge >= 0.3 is 0 Å². The SMILES string of the molecule is C=C1CC[C@@H](CN(C)Cc2cc(C)c3nc(C(C)C)cc(=O)n3c2)N1C. The third-order valence-electron chi connectivity index (χ3n) is 5.40. The Hall–Kier alpha value is -2.14. The fourth-order valence-electron chi connectivity index (χ4n) is 3.75. The maximum atomic E-state index is 12.5. The number of rotatable bonds is 5. The fraction of sp³-hybridized carbons (Fsp3) is 0.524. The standard InChI is InChI=1S/C21H30N4O/c1-14(2)19-10-20(26)25-12-17(9-15(3)21(25)22-19)11-23(5)13-18-8-7-16(4)24(18)6/h9-10,12,14,18H,4,7-8,11,13H2,1-3,5-6H3/t18-/m0/s1. The Bertz CT molecular complexity index is 883. The average Bonchev–Trinajstić information content (AvgIpc) is 2.87. The van der Waals surface area contributed by atoms with Crippen LogP contribution in [0.15, 0.2) is 35.4 Å². The average molecular weight is 354 g/mol. The minimum Gasteiger partial charge on any atom is -0.374 e. The highest BCUT2D eigenvalue weighted by atomic mass is 16.1. The fourth-order valence-corrected chi connectivity index (χ4v) is 3.75. The van der Waals surface area contributed by atoms with E-state index in [0.29, 0.717) is 6.04 Å². The number of likely N-dealkylation sites (N-methyl/N-ethyl adjacent to an activating group) is 2. The number of likely N-dealkylation sites (tertiary alicyclic amines) is 1. The van der Waals surface area contributed by atoms with E-state index in [-0.39, 0.29) is 11.5 Å². The van der Waals surface area contributed by atoms with Crippen molar-refractivity contribution in [3.8, 4) is 0 Å². The molecule has 0 unspecified atom stereocenters. The molecule has 1 fully saturated rings. The summed E-state index contributed by atoms with van der Waals surface area (Å²) in [5.41, 5.74) is 5.02. The van der Waals surface area contributed by atoms with E-state index in [2.05, 4.69) is 55.4 Å². The van der Waals surface area contributed by atoms with Crippen LogP contribution in [0.1, 0.15) is 49.4 Å². The molecule has 0 aromatic carbocycles. The predicted octanol–water partition coefficient (Wildman–Crippen LogP) is 3.17. The summed E-state index contributed by atoms with van der Waals surface area (Å²) in [6.07, 6.45) is 4.19. The van der Waals surface area contributed by atoms with Crippen molar-refractivity contribution in [1.82, 2.24) is 19.2 Å². The van der Waals surface area contributed by atoms with Crippen molar-refractivity contribution in [2.24, 2.45) is 0 Å². The molecule has 5 nitrogen and oxygen atoms in total. The third kappa shape index (κ3) is 3.68. The minimum atomic E-state index is -0.00173. The number of fused-ring (bicyclic) bond motifs is 1. The number of aromatic nitrogens is 2. The third-order valence-corrected chi connectivity index (χ3v) is 5.40. The van der Waals surface area contributed by atoms with Gasteiger partial charge in [0.15, 0.2) is 0 Å². The van der Waals surface area contributed by atoms with Crippen molar-refractivity contribution in [1.29, 1.82) is 0 Å². The van der Waals surface area contributed by atoms with Gasteiger partial charge in [-0.15, -0.1) is 0 Å². The monoisotopic (exact) mass is 354 g/mol. The number of hydrogen-bond donors (Lipinski definition) is 0. The molecule has 0 amide bonds. The predicted molar refractivity (Wildman–Crippen MR) is 107 cm³/mol. The van der Waals surface area contributed by atoms with Gasteiger partial charge in [-0.2, -0.15) is 0 Å². The van der Waals surface area contributed by atoms with E-state index >= 15 is 0 Å². The first-order chi connectivity index (χ1) is 12.3. The van der Waals surface area contributed by atoms with Crippen molar-refractivity contribution in [2.75, 3.05) is 20.6 Å². The molecule has 140 valence electrons. The van der Waals surface area contributed by atoms with E-state index in [9.17, 15) is 4.79 Å². The van der Waals surface area contributed by atoms with Gasteiger partial charge in [-0.3, -0.25) is 9.20 Å². The highest BCUT2D eigenvalue weighted by molar-refractivity contribution is 5.49. The number of aryl methyl sites for hydroxylation is 1. The van der Waals surface area contributed by atoms with Gasteiger partial charge in [0.1, 0.15) is 5.65 Å². The van der Waals surface area contributed by atoms with Crippen LogP contribution >= 0.6 is 0 Å². The minimum absolute atomic E-state index is 0.00173. The zero-order chi connectivity index (χ0) is 19.0. The number of hydrogen-bond acceptors (Lipinski definition) is 4. The molecule has 0 radical (unpaired) electrons. The highest BCUT2D eigenvalue weighted by Crippen LogP contribution is 2.24. The first-order valence-electron chi connectivity index (χ1n) is 9.38. The molecule has 0 spiro atoms. The van der Waals surface area contributed by atoms with Crippen LogP contribution in [0.2, 0.25) is 0 Å². The van der Waals surface area contributed by atoms with E-state index in [1.165, 1.54) is 5.70 Å². The Labute approximate surface area is 156 Å². The molecule has 0 bridgehead atoms. The molecule has 0 saturated carbocycles. The van der Waals surface area contributed by atoms with Gasteiger partial charge in [0.05, 0.1) is 5.69 Å². The summed E-state index contributed by atoms with van der Waals surface area (Å²) in [6, 6.07) is 4.33. The molecule has 0 aliphatic carbocycles. The van der Waals surface area contributed by atoms with E-state index in [4.69, 9.17) is 0 Å². The molecule has 2 aromatic rings. The molecule has 0 N–H and O–H groups in total. The second-order valence-electron chi connectivity index (χ2n) is 7.97. The van der Waals surface area contributed by atoms with Gasteiger partial charge in [-0.05, 0) is 49.9 Å². The summed E-state index contributed by atoms with van der Waals surface area (Å²) in [7, 11) is 4.27. The molecular formula is C21H30N4O. The lowest BCUT2D eigenvalue weighted by molar-refractivity contribution is 0.231. The van der Waals surface area contributed by atoms with Crippen LogP contribution in [-0.4, -0.2) is 45.9 Å². The second-order valence-corrected chi connectivity index (χ2v) is 7.97. The molecule has 3 heterocycles. The summed E-state index contributed by atoms with van der Waals surface area (Å²) in [4.78, 5) is 21.9. The first-order valence-corrected chi connectivity index (χ1v) is 9.38. The van der Waals surface area contributed by atoms with E-state index in [0.717, 1.165) is 48.4 Å². The van der Waals surface area contributed by atoms with Gasteiger partial charge < -0.3 is 9.80 Å². The van der Waals surface area contributed by atoms with Crippen molar-refractivity contribution >= 4 is 5.65 Å². The Morgan fingerprint density at radius 1 is 1.38 bits per heavy atom. The summed E-state index contributed by atoms with van der Waals surface area (Å²) >= 11 is 0. The van der Waals surface area contributed by atoms with Crippen molar-refractivity contribution in [2.45, 2.75) is 52.1 Å². The van der Waals surface area contributed by atoms with Gasteiger partial charge in [-0.25, -0.2) is 4.98 Å². The van der Waals surface area contributed by atoms with Crippen molar-refractivity contribution in [3.63, 3.8) is 0 Å². The van der Waals surface area contributed by atoms with Crippen LogP contribution in [0.25, 0.3) is 5.65 Å². The molecule has 2 aromatic heterocycles. The molecule has 1 aliphatic heterocycles. The van der Waals surface area contributed by atoms with Crippen LogP contribution in [0.3, 0.4) is 0 Å². The van der Waals surface area contributed by atoms with Gasteiger partial charge in [-0.1, -0.05) is 20.4 Å². The highest BCUT2D eigenvalue weighted by Gasteiger charge is 2.24. The maximum absolute atomic E-state index is 12.5. The maximum Gasteiger partial charge on any atom is 0.258 e. The summed E-state index contributed by atoms with van der Waals surface area (Å²) in [5.74, 6) is 0.246. The van der Waals surface area contributed by atoms with Crippen LogP contribution in [0, 0.1) is 6.92 Å². The summed E-state index contributed by atoms with van der Waals surface area (Å²) < 4.78 is 1.69. The topological polar surface area (TPSA) is 40.9 Å². The van der Waals surface area contributed by atoms with E-state index < -0.39 is 0 Å². The molecular weight excluding hydrogens is 324 g/mol. The largest absolute Gasteiger partial charge is 0.374 e. The molecule has 3 rings (SSSR count). The molecule has 5 heteroatoms. The lowest BCUT2D eigenvalue weighted by Crippen LogP contribution is -2.35. The van der Waals surface area contributed by atoms with Crippen LogP contribution < -0.4 is 5.56 Å². The smallest absolute Gasteiger partial charge is 0.258 e. The quantitative estimate of drug-likeness (QED) is 0.827. The second kappa shape index (κ2) is 7.23. The molecule has 26 heavy (non-hydrogen) atoms. The Morgan fingerprint density at radius 2 is 2.12 bits per heavy atom. The zero-order valence-electron chi connectivity index (χ0n) is 16.6. The van der Waals surface area contributed by atoms with Crippen LogP contribution in [0.5, 0.6) is 0 Å². The van der Waals surface area contributed by atoms with Crippen LogP contribution in [-0.2, 0) is 6.54 Å². The number of allylic oxidation sites excluding steroid dienone is 1. The molecule has 1 aliphatic rings. The van der Waals surface area contributed by atoms with Gasteiger partial charge in [0.2, 0.25) is 0 Å². The Balaban J connectivity index is 1.82. The van der Waals surface area contributed by atoms with Crippen molar-refractivity contribution < 1.29 is 0 Å². The van der Waals surface area contributed by atoms with Gasteiger partial charge in [0, 0.05) is 44.1 Å². The van der Waals surface area contributed by atoms with Crippen molar-refractivity contribution in [3.05, 3.63) is 57.8 Å². The molecule has 1 atom stereocenters. The van der Waals surface area contributed by atoms with Crippen LogP contribution in [0.4, 0.5) is 0 Å². The molecule has 1 saturated heterocycles. The lowest BCUT2D eigenvalue weighted by Gasteiger charge is -2.27. The summed E-state index contributed by atoms with van der Waals surface area (Å²) in [6.45, 7) is 12.1. The zero-order valence-corrected chi connectivity index (χ0v) is 16.6.